The van der Waals surface area contributed by atoms with E-state index in [9.17, 15) is 4.79 Å². The van der Waals surface area contributed by atoms with Gasteiger partial charge in [0, 0.05) is 29.3 Å². The summed E-state index contributed by atoms with van der Waals surface area (Å²) in [6.45, 7) is 0. The number of hydrogen-bond donors (Lipinski definition) is 0. The first-order valence-electron chi connectivity index (χ1n) is 6.58. The number of nitrogens with zero attached hydrogens (tertiary/aromatic N) is 2. The second kappa shape index (κ2) is 4.17. The van der Waals surface area contributed by atoms with Crippen LogP contribution in [0.4, 0.5) is 0 Å². The average Bonchev–Trinajstić information content (AvgIpc) is 3.03. The molecule has 1 aromatic carbocycles. The maximum atomic E-state index is 12.4. The molecule has 0 saturated heterocycles. The SMILES string of the molecule is O=C1C(=Cc2cnn3ccccc23)Cc2ccccc21. The van der Waals surface area contributed by atoms with E-state index in [0.29, 0.717) is 6.42 Å². The molecule has 20 heavy (non-hydrogen) atoms. The van der Waals surface area contributed by atoms with Crippen molar-refractivity contribution in [3.05, 3.63) is 77.1 Å². The first-order chi connectivity index (χ1) is 9.83. The van der Waals surface area contributed by atoms with Crippen LogP contribution >= 0.6 is 0 Å². The van der Waals surface area contributed by atoms with E-state index in [1.807, 2.05) is 59.3 Å². The van der Waals surface area contributed by atoms with Crippen LogP contribution in [0.5, 0.6) is 0 Å². The fraction of sp³-hybridized carbons (Fsp3) is 0.0588. The Morgan fingerprint density at radius 1 is 1.10 bits per heavy atom. The van der Waals surface area contributed by atoms with E-state index in [4.69, 9.17) is 0 Å². The molecule has 0 saturated carbocycles. The molecule has 0 bridgehead atoms. The Bertz CT molecular complexity index is 858. The van der Waals surface area contributed by atoms with Crippen LogP contribution in [0.2, 0.25) is 0 Å². The van der Waals surface area contributed by atoms with Gasteiger partial charge in [-0.3, -0.25) is 4.79 Å². The van der Waals surface area contributed by atoms with Crippen molar-refractivity contribution in [2.24, 2.45) is 0 Å². The predicted molar refractivity (Wildman–Crippen MR) is 77.6 cm³/mol. The summed E-state index contributed by atoms with van der Waals surface area (Å²) in [7, 11) is 0. The van der Waals surface area contributed by atoms with E-state index in [1.54, 1.807) is 6.20 Å². The van der Waals surface area contributed by atoms with Crippen molar-refractivity contribution in [3.8, 4) is 0 Å². The Kier molecular flexibility index (Phi) is 2.33. The zero-order valence-electron chi connectivity index (χ0n) is 10.8. The molecule has 3 aromatic rings. The Labute approximate surface area is 116 Å². The Morgan fingerprint density at radius 3 is 2.85 bits per heavy atom. The van der Waals surface area contributed by atoms with E-state index in [0.717, 1.165) is 27.8 Å². The molecular weight excluding hydrogens is 248 g/mol. The topological polar surface area (TPSA) is 34.4 Å². The van der Waals surface area contributed by atoms with Gasteiger partial charge >= 0.3 is 0 Å². The minimum atomic E-state index is 0.135. The van der Waals surface area contributed by atoms with Gasteiger partial charge in [0.05, 0.1) is 11.7 Å². The molecule has 0 atom stereocenters. The monoisotopic (exact) mass is 260 g/mol. The third kappa shape index (κ3) is 1.60. The van der Waals surface area contributed by atoms with Gasteiger partial charge in [0.1, 0.15) is 0 Å². The lowest BCUT2D eigenvalue weighted by molar-refractivity contribution is 0.104. The molecule has 0 N–H and O–H groups in total. The smallest absolute Gasteiger partial charge is 0.189 e. The zero-order valence-corrected chi connectivity index (χ0v) is 10.8. The van der Waals surface area contributed by atoms with Crippen LogP contribution in [-0.4, -0.2) is 15.4 Å². The molecule has 96 valence electrons. The van der Waals surface area contributed by atoms with Crippen LogP contribution in [-0.2, 0) is 6.42 Å². The molecule has 0 fully saturated rings. The highest BCUT2D eigenvalue weighted by Gasteiger charge is 2.24. The number of carbonyl (C=O) groups excluding carboxylic acids is 1. The number of fused-ring (bicyclic) bond motifs is 2. The number of allylic oxidation sites excluding steroid dienone is 1. The molecule has 0 amide bonds. The van der Waals surface area contributed by atoms with Crippen LogP contribution < -0.4 is 0 Å². The third-order valence-electron chi connectivity index (χ3n) is 3.72. The van der Waals surface area contributed by atoms with Gasteiger partial charge < -0.3 is 0 Å². The van der Waals surface area contributed by atoms with E-state index >= 15 is 0 Å². The maximum Gasteiger partial charge on any atom is 0.189 e. The number of aromatic nitrogens is 2. The van der Waals surface area contributed by atoms with Gasteiger partial charge in [-0.05, 0) is 23.8 Å². The molecule has 0 radical (unpaired) electrons. The predicted octanol–water partition coefficient (Wildman–Crippen LogP) is 3.16. The summed E-state index contributed by atoms with van der Waals surface area (Å²) in [5.74, 6) is 0.135. The number of rotatable bonds is 1. The van der Waals surface area contributed by atoms with Crippen molar-refractivity contribution in [2.45, 2.75) is 6.42 Å². The van der Waals surface area contributed by atoms with Crippen LogP contribution in [0.1, 0.15) is 21.5 Å². The summed E-state index contributed by atoms with van der Waals surface area (Å²) in [4.78, 5) is 12.4. The third-order valence-corrected chi connectivity index (χ3v) is 3.72. The fourth-order valence-electron chi connectivity index (χ4n) is 2.72. The average molecular weight is 260 g/mol. The van der Waals surface area contributed by atoms with E-state index in [2.05, 4.69) is 5.10 Å². The van der Waals surface area contributed by atoms with Crippen molar-refractivity contribution in [1.29, 1.82) is 0 Å². The van der Waals surface area contributed by atoms with Gasteiger partial charge in [0.25, 0.3) is 0 Å². The van der Waals surface area contributed by atoms with Crippen molar-refractivity contribution < 1.29 is 4.79 Å². The molecule has 1 aliphatic carbocycles. The Balaban J connectivity index is 1.81. The van der Waals surface area contributed by atoms with Crippen molar-refractivity contribution in [2.75, 3.05) is 0 Å². The van der Waals surface area contributed by atoms with Gasteiger partial charge in [-0.2, -0.15) is 5.10 Å². The standard InChI is InChI=1S/C17H12N2O/c20-17-13(9-12-5-1-2-6-15(12)17)10-14-11-18-19-8-4-3-7-16(14)19/h1-8,10-11H,9H2. The Morgan fingerprint density at radius 2 is 1.95 bits per heavy atom. The van der Waals surface area contributed by atoms with Crippen LogP contribution in [0, 0.1) is 0 Å². The van der Waals surface area contributed by atoms with Crippen molar-refractivity contribution >= 4 is 17.4 Å². The molecule has 3 nitrogen and oxygen atoms in total. The van der Waals surface area contributed by atoms with Crippen LogP contribution in [0.15, 0.2) is 60.4 Å². The first-order valence-corrected chi connectivity index (χ1v) is 6.58. The highest BCUT2D eigenvalue weighted by Crippen LogP contribution is 2.28. The summed E-state index contributed by atoms with van der Waals surface area (Å²) < 4.78 is 1.82. The molecular formula is C17H12N2O. The largest absolute Gasteiger partial charge is 0.289 e. The summed E-state index contributed by atoms with van der Waals surface area (Å²) in [6.07, 6.45) is 6.38. The van der Waals surface area contributed by atoms with Crippen molar-refractivity contribution in [3.63, 3.8) is 0 Å². The molecule has 2 aromatic heterocycles. The zero-order chi connectivity index (χ0) is 13.5. The van der Waals surface area contributed by atoms with Gasteiger partial charge in [-0.15, -0.1) is 0 Å². The molecule has 2 heterocycles. The summed E-state index contributed by atoms with van der Waals surface area (Å²) in [5.41, 5.74) is 4.78. The molecule has 3 heteroatoms. The number of ketones is 1. The van der Waals surface area contributed by atoms with Crippen LogP contribution in [0.25, 0.3) is 11.6 Å². The minimum Gasteiger partial charge on any atom is -0.289 e. The quantitative estimate of drug-likeness (QED) is 0.630. The lowest BCUT2D eigenvalue weighted by Gasteiger charge is -1.95. The molecule has 4 rings (SSSR count). The second-order valence-electron chi connectivity index (χ2n) is 4.96. The summed E-state index contributed by atoms with van der Waals surface area (Å²) >= 11 is 0. The molecule has 0 aliphatic heterocycles. The number of carbonyl (C=O) groups is 1. The van der Waals surface area contributed by atoms with E-state index in [-0.39, 0.29) is 5.78 Å². The number of pyridine rings is 1. The van der Waals surface area contributed by atoms with Crippen LogP contribution in [0.3, 0.4) is 0 Å². The van der Waals surface area contributed by atoms with Crippen molar-refractivity contribution in [1.82, 2.24) is 9.61 Å². The number of Topliss-reactive ketones (excluding diaryl/α,β-unsaturated/α-hetero) is 1. The summed E-state index contributed by atoms with van der Waals surface area (Å²) in [6, 6.07) is 13.7. The highest BCUT2D eigenvalue weighted by molar-refractivity contribution is 6.15. The lowest BCUT2D eigenvalue weighted by atomic mass is 10.1. The second-order valence-corrected chi connectivity index (χ2v) is 4.96. The van der Waals surface area contributed by atoms with Gasteiger partial charge in [0.2, 0.25) is 0 Å². The van der Waals surface area contributed by atoms with Gasteiger partial charge in [-0.1, -0.05) is 30.3 Å². The Hall–Kier alpha value is -2.68. The molecule has 0 unspecified atom stereocenters. The fourth-order valence-corrected chi connectivity index (χ4v) is 2.72. The normalized spacial score (nSPS) is 16.0. The van der Waals surface area contributed by atoms with Gasteiger partial charge in [0.15, 0.2) is 5.78 Å². The molecule has 0 spiro atoms. The molecule has 1 aliphatic rings. The first kappa shape index (κ1) is 11.2. The maximum absolute atomic E-state index is 12.4. The highest BCUT2D eigenvalue weighted by atomic mass is 16.1. The van der Waals surface area contributed by atoms with E-state index in [1.165, 1.54) is 0 Å². The van der Waals surface area contributed by atoms with Gasteiger partial charge in [-0.25, -0.2) is 4.52 Å². The number of hydrogen-bond acceptors (Lipinski definition) is 2. The number of benzene rings is 1. The minimum absolute atomic E-state index is 0.135. The van der Waals surface area contributed by atoms with E-state index < -0.39 is 0 Å². The lowest BCUT2D eigenvalue weighted by Crippen LogP contribution is -1.94. The summed E-state index contributed by atoms with van der Waals surface area (Å²) in [5, 5.41) is 4.30.